The molecule has 0 spiro atoms. The second-order valence-electron chi connectivity index (χ2n) is 7.96. The van der Waals surface area contributed by atoms with Gasteiger partial charge in [0.05, 0.1) is 37.7 Å². The lowest BCUT2D eigenvalue weighted by molar-refractivity contribution is -0.144. The predicted octanol–water partition coefficient (Wildman–Crippen LogP) is 2.58. The van der Waals surface area contributed by atoms with Crippen molar-refractivity contribution in [1.29, 1.82) is 0 Å². The third-order valence-corrected chi connectivity index (χ3v) is 7.43. The van der Waals surface area contributed by atoms with Gasteiger partial charge < -0.3 is 18.9 Å². The van der Waals surface area contributed by atoms with Crippen LogP contribution in [-0.4, -0.2) is 64.0 Å². The molecule has 1 fully saturated rings. The Balaban J connectivity index is 1.29. The lowest BCUT2D eigenvalue weighted by Crippen LogP contribution is -2.40. The molecule has 0 radical (unpaired) electrons. The van der Waals surface area contributed by atoms with Crippen LogP contribution >= 0.6 is 0 Å². The van der Waals surface area contributed by atoms with E-state index in [0.29, 0.717) is 62.1 Å². The molecule has 0 atom stereocenters. The zero-order valence-corrected chi connectivity index (χ0v) is 19.6. The summed E-state index contributed by atoms with van der Waals surface area (Å²) in [6, 6.07) is 11.3. The zero-order valence-electron chi connectivity index (χ0n) is 18.7. The van der Waals surface area contributed by atoms with Gasteiger partial charge in [-0.05, 0) is 35.9 Å². The Hall–Kier alpha value is -2.95. The first-order chi connectivity index (χ1) is 16.4. The number of ketones is 1. The molecule has 0 aliphatic carbocycles. The highest BCUT2D eigenvalue weighted by Gasteiger charge is 2.26. The second kappa shape index (κ2) is 11.0. The van der Waals surface area contributed by atoms with E-state index in [2.05, 4.69) is 0 Å². The predicted molar refractivity (Wildman–Crippen MR) is 121 cm³/mol. The van der Waals surface area contributed by atoms with Crippen molar-refractivity contribution in [3.63, 3.8) is 0 Å². The van der Waals surface area contributed by atoms with Crippen LogP contribution in [0.3, 0.4) is 0 Å². The molecule has 9 nitrogen and oxygen atoms in total. The van der Waals surface area contributed by atoms with Gasteiger partial charge in [0.1, 0.15) is 6.61 Å². The molecule has 34 heavy (non-hydrogen) atoms. The molecule has 2 heterocycles. The molecular weight excluding hydrogens is 462 g/mol. The molecule has 2 aromatic carbocycles. The molecule has 0 amide bonds. The summed E-state index contributed by atoms with van der Waals surface area (Å²) in [7, 11) is -3.64. The van der Waals surface area contributed by atoms with E-state index in [1.54, 1.807) is 30.3 Å². The highest BCUT2D eigenvalue weighted by molar-refractivity contribution is 7.89. The SMILES string of the molecule is O=C(CCC(=O)c1ccc2c(c1)OCCCO2)OCc1cccc(S(=O)(=O)N2CCOCC2)c1. The Bertz CT molecular complexity index is 1140. The van der Waals surface area contributed by atoms with Gasteiger partial charge in [0.25, 0.3) is 0 Å². The molecule has 0 N–H and O–H groups in total. The molecule has 4 rings (SSSR count). The Morgan fingerprint density at radius 3 is 2.47 bits per heavy atom. The first kappa shape index (κ1) is 24.2. The van der Waals surface area contributed by atoms with Crippen molar-refractivity contribution < 1.29 is 37.0 Å². The highest BCUT2D eigenvalue weighted by atomic mass is 32.2. The number of ether oxygens (including phenoxy) is 4. The Morgan fingerprint density at radius 1 is 0.912 bits per heavy atom. The quantitative estimate of drug-likeness (QED) is 0.411. The molecular formula is C24H27NO8S. The number of hydrogen-bond acceptors (Lipinski definition) is 8. The van der Waals surface area contributed by atoms with Crippen LogP contribution in [0.15, 0.2) is 47.4 Å². The van der Waals surface area contributed by atoms with E-state index >= 15 is 0 Å². The van der Waals surface area contributed by atoms with E-state index in [9.17, 15) is 18.0 Å². The van der Waals surface area contributed by atoms with E-state index in [-0.39, 0.29) is 30.1 Å². The average molecular weight is 490 g/mol. The van der Waals surface area contributed by atoms with E-state index in [1.165, 1.54) is 16.4 Å². The maximum Gasteiger partial charge on any atom is 0.306 e. The van der Waals surface area contributed by atoms with Gasteiger partial charge in [-0.1, -0.05) is 12.1 Å². The summed E-state index contributed by atoms with van der Waals surface area (Å²) < 4.78 is 48.6. The highest BCUT2D eigenvalue weighted by Crippen LogP contribution is 2.31. The number of carbonyl (C=O) groups is 2. The van der Waals surface area contributed by atoms with E-state index in [4.69, 9.17) is 18.9 Å². The number of morpholine rings is 1. The number of fused-ring (bicyclic) bond motifs is 1. The number of carbonyl (C=O) groups excluding carboxylic acids is 2. The first-order valence-electron chi connectivity index (χ1n) is 11.2. The minimum absolute atomic E-state index is 0.00999. The zero-order chi connectivity index (χ0) is 24.0. The topological polar surface area (TPSA) is 108 Å². The molecule has 182 valence electrons. The van der Waals surface area contributed by atoms with Crippen LogP contribution in [0.25, 0.3) is 0 Å². The smallest absolute Gasteiger partial charge is 0.306 e. The van der Waals surface area contributed by atoms with Crippen molar-refractivity contribution in [2.75, 3.05) is 39.5 Å². The minimum atomic E-state index is -3.64. The molecule has 2 aromatic rings. The Labute approximate surface area is 198 Å². The normalized spacial score (nSPS) is 16.5. The minimum Gasteiger partial charge on any atom is -0.490 e. The lowest BCUT2D eigenvalue weighted by Gasteiger charge is -2.26. The van der Waals surface area contributed by atoms with Crippen molar-refractivity contribution in [1.82, 2.24) is 4.31 Å². The van der Waals surface area contributed by atoms with Crippen LogP contribution in [0.1, 0.15) is 35.2 Å². The standard InChI is InChI=1S/C24H27NO8S/c26-21(19-5-7-22-23(16-19)32-12-2-11-31-22)6-8-24(27)33-17-18-3-1-4-20(15-18)34(28,29)25-9-13-30-14-10-25/h1,3-5,7,15-16H,2,6,8-14,17H2. The van der Waals surface area contributed by atoms with Crippen molar-refractivity contribution in [2.24, 2.45) is 0 Å². The van der Waals surface area contributed by atoms with Crippen LogP contribution in [-0.2, 0) is 30.9 Å². The monoisotopic (exact) mass is 489 g/mol. The van der Waals surface area contributed by atoms with Crippen molar-refractivity contribution in [3.05, 3.63) is 53.6 Å². The van der Waals surface area contributed by atoms with Crippen molar-refractivity contribution >= 4 is 21.8 Å². The number of rotatable bonds is 8. The second-order valence-corrected chi connectivity index (χ2v) is 9.90. The van der Waals surface area contributed by atoms with Gasteiger partial charge in [-0.3, -0.25) is 9.59 Å². The van der Waals surface area contributed by atoms with E-state index < -0.39 is 16.0 Å². The van der Waals surface area contributed by atoms with Crippen LogP contribution in [0, 0.1) is 0 Å². The number of esters is 1. The van der Waals surface area contributed by atoms with Gasteiger partial charge in [-0.25, -0.2) is 8.42 Å². The molecule has 0 saturated carbocycles. The fraction of sp³-hybridized carbons (Fsp3) is 0.417. The maximum absolute atomic E-state index is 12.8. The molecule has 10 heteroatoms. The van der Waals surface area contributed by atoms with Gasteiger partial charge in [-0.15, -0.1) is 0 Å². The van der Waals surface area contributed by atoms with Gasteiger partial charge in [0.15, 0.2) is 17.3 Å². The average Bonchev–Trinajstić information content (AvgIpc) is 3.11. The van der Waals surface area contributed by atoms with Crippen LogP contribution in [0.2, 0.25) is 0 Å². The fourth-order valence-corrected chi connectivity index (χ4v) is 5.14. The Morgan fingerprint density at radius 2 is 1.68 bits per heavy atom. The molecule has 0 bridgehead atoms. The third-order valence-electron chi connectivity index (χ3n) is 5.53. The van der Waals surface area contributed by atoms with Crippen LogP contribution < -0.4 is 9.47 Å². The van der Waals surface area contributed by atoms with Gasteiger partial charge in [0, 0.05) is 31.5 Å². The molecule has 1 saturated heterocycles. The van der Waals surface area contributed by atoms with Gasteiger partial charge in [-0.2, -0.15) is 4.31 Å². The lowest BCUT2D eigenvalue weighted by atomic mass is 10.1. The summed E-state index contributed by atoms with van der Waals surface area (Å²) in [6.07, 6.45) is 0.675. The van der Waals surface area contributed by atoms with Gasteiger partial charge in [0.2, 0.25) is 10.0 Å². The molecule has 0 aromatic heterocycles. The molecule has 2 aliphatic rings. The van der Waals surface area contributed by atoms with E-state index in [0.717, 1.165) is 6.42 Å². The molecule has 2 aliphatic heterocycles. The number of benzene rings is 2. The number of Topliss-reactive ketones (excluding diaryl/α,β-unsaturated/α-hetero) is 1. The summed E-state index contributed by atoms with van der Waals surface area (Å²) in [6.45, 7) is 2.34. The van der Waals surface area contributed by atoms with Crippen LogP contribution in [0.4, 0.5) is 0 Å². The summed E-state index contributed by atoms with van der Waals surface area (Å²) >= 11 is 0. The summed E-state index contributed by atoms with van der Waals surface area (Å²) in [5, 5.41) is 0. The fourth-order valence-electron chi connectivity index (χ4n) is 3.66. The summed E-state index contributed by atoms with van der Waals surface area (Å²) in [5.41, 5.74) is 0.995. The Kier molecular flexibility index (Phi) is 7.81. The summed E-state index contributed by atoms with van der Waals surface area (Å²) in [5.74, 6) is 0.388. The van der Waals surface area contributed by atoms with Crippen LogP contribution in [0.5, 0.6) is 11.5 Å². The first-order valence-corrected chi connectivity index (χ1v) is 12.6. The van der Waals surface area contributed by atoms with E-state index in [1.807, 2.05) is 0 Å². The largest absolute Gasteiger partial charge is 0.490 e. The number of hydrogen-bond donors (Lipinski definition) is 0. The maximum atomic E-state index is 12.8. The van der Waals surface area contributed by atoms with Crippen molar-refractivity contribution in [2.45, 2.75) is 30.8 Å². The number of nitrogens with zero attached hydrogens (tertiary/aromatic N) is 1. The summed E-state index contributed by atoms with van der Waals surface area (Å²) in [4.78, 5) is 24.9. The third kappa shape index (κ3) is 5.94. The molecule has 0 unspecified atom stereocenters. The van der Waals surface area contributed by atoms with Gasteiger partial charge >= 0.3 is 5.97 Å². The van der Waals surface area contributed by atoms with Crippen molar-refractivity contribution in [3.8, 4) is 11.5 Å². The number of sulfonamides is 1.